The van der Waals surface area contributed by atoms with Crippen LogP contribution in [0.15, 0.2) is 18.3 Å². The van der Waals surface area contributed by atoms with Crippen molar-refractivity contribution in [3.63, 3.8) is 0 Å². The van der Waals surface area contributed by atoms with Crippen molar-refractivity contribution in [2.24, 2.45) is 0 Å². The van der Waals surface area contributed by atoms with E-state index in [2.05, 4.69) is 17.6 Å². The zero-order valence-corrected chi connectivity index (χ0v) is 8.22. The van der Waals surface area contributed by atoms with Crippen molar-refractivity contribution in [2.45, 2.75) is 12.2 Å². The molecule has 2 unspecified atom stereocenters. The first-order valence-electron chi connectivity index (χ1n) is 4.02. The van der Waals surface area contributed by atoms with Crippen LogP contribution in [0.5, 0.6) is 0 Å². The Morgan fingerprint density at radius 3 is 2.64 bits per heavy atom. The van der Waals surface area contributed by atoms with Gasteiger partial charge in [0.1, 0.15) is 12.2 Å². The molecule has 1 aromatic heterocycles. The van der Waals surface area contributed by atoms with Gasteiger partial charge in [-0.15, -0.1) is 0 Å². The Balaban J connectivity index is 2.82. The minimum Gasteiger partial charge on any atom is -0.389 e. The van der Waals surface area contributed by atoms with Crippen molar-refractivity contribution in [2.75, 3.05) is 5.75 Å². The van der Waals surface area contributed by atoms with Gasteiger partial charge in [0.05, 0.1) is 17.4 Å². The second-order valence-electron chi connectivity index (χ2n) is 2.78. The van der Waals surface area contributed by atoms with E-state index in [9.17, 15) is 10.2 Å². The van der Waals surface area contributed by atoms with Crippen molar-refractivity contribution in [1.29, 1.82) is 5.26 Å². The van der Waals surface area contributed by atoms with Crippen molar-refractivity contribution >= 4 is 12.6 Å². The average Bonchev–Trinajstić information content (AvgIpc) is 2.27. The molecule has 1 rings (SSSR count). The number of pyridine rings is 1. The molecule has 0 aliphatic rings. The number of hydrogen-bond acceptors (Lipinski definition) is 5. The fourth-order valence-corrected chi connectivity index (χ4v) is 1.14. The molecule has 0 aliphatic heterocycles. The molecule has 0 bridgehead atoms. The van der Waals surface area contributed by atoms with Gasteiger partial charge in [-0.05, 0) is 12.1 Å². The molecule has 0 saturated carbocycles. The van der Waals surface area contributed by atoms with Gasteiger partial charge in [0, 0.05) is 11.9 Å². The fraction of sp³-hybridized carbons (Fsp3) is 0.333. The Morgan fingerprint density at radius 1 is 1.50 bits per heavy atom. The number of rotatable bonds is 3. The number of aliphatic hydroxyl groups is 2. The zero-order chi connectivity index (χ0) is 10.6. The average molecular weight is 210 g/mol. The lowest BCUT2D eigenvalue weighted by Gasteiger charge is -2.14. The minimum absolute atomic E-state index is 0.156. The monoisotopic (exact) mass is 210 g/mol. The SMILES string of the molecule is N#Cc1ccc(C(O)C(O)CS)nc1. The molecule has 0 fully saturated rings. The zero-order valence-electron chi connectivity index (χ0n) is 7.33. The maximum atomic E-state index is 9.51. The first-order chi connectivity index (χ1) is 6.69. The predicted octanol–water partition coefficient (Wildman–Crippen LogP) is 0.277. The maximum absolute atomic E-state index is 9.51. The quantitative estimate of drug-likeness (QED) is 0.626. The highest BCUT2D eigenvalue weighted by molar-refractivity contribution is 7.80. The molecule has 74 valence electrons. The molecule has 0 aromatic carbocycles. The van der Waals surface area contributed by atoms with E-state index < -0.39 is 12.2 Å². The minimum atomic E-state index is -1.06. The summed E-state index contributed by atoms with van der Waals surface area (Å²) in [4.78, 5) is 3.85. The number of hydrogen-bond donors (Lipinski definition) is 3. The molecule has 0 amide bonds. The summed E-state index contributed by atoms with van der Waals surface area (Å²) < 4.78 is 0. The van der Waals surface area contributed by atoms with Crippen LogP contribution >= 0.6 is 12.6 Å². The molecule has 2 atom stereocenters. The number of nitrogens with zero attached hydrogens (tertiary/aromatic N) is 2. The van der Waals surface area contributed by atoms with Crippen molar-refractivity contribution in [1.82, 2.24) is 4.98 Å². The second kappa shape index (κ2) is 4.96. The topological polar surface area (TPSA) is 77.1 Å². The Bertz CT molecular complexity index is 334. The molecule has 1 heterocycles. The van der Waals surface area contributed by atoms with E-state index in [0.717, 1.165) is 0 Å². The van der Waals surface area contributed by atoms with Crippen LogP contribution < -0.4 is 0 Å². The molecule has 14 heavy (non-hydrogen) atoms. The highest BCUT2D eigenvalue weighted by Gasteiger charge is 2.17. The lowest BCUT2D eigenvalue weighted by molar-refractivity contribution is 0.0310. The summed E-state index contributed by atoms with van der Waals surface area (Å²) in [5, 5.41) is 27.3. The molecule has 0 spiro atoms. The highest BCUT2D eigenvalue weighted by Crippen LogP contribution is 2.15. The van der Waals surface area contributed by atoms with Gasteiger partial charge in [0.2, 0.25) is 0 Å². The van der Waals surface area contributed by atoms with E-state index in [1.807, 2.05) is 6.07 Å². The van der Waals surface area contributed by atoms with Crippen LogP contribution in [0, 0.1) is 11.3 Å². The summed E-state index contributed by atoms with van der Waals surface area (Å²) in [6.07, 6.45) is -0.650. The largest absolute Gasteiger partial charge is 0.389 e. The van der Waals surface area contributed by atoms with Crippen LogP contribution in [-0.2, 0) is 0 Å². The third-order valence-corrected chi connectivity index (χ3v) is 2.14. The molecule has 1 aromatic rings. The maximum Gasteiger partial charge on any atom is 0.122 e. The van der Waals surface area contributed by atoms with Crippen molar-refractivity contribution in [3.8, 4) is 6.07 Å². The van der Waals surface area contributed by atoms with E-state index in [-0.39, 0.29) is 5.75 Å². The van der Waals surface area contributed by atoms with Gasteiger partial charge in [-0.2, -0.15) is 17.9 Å². The first kappa shape index (κ1) is 11.0. The second-order valence-corrected chi connectivity index (χ2v) is 3.14. The van der Waals surface area contributed by atoms with Crippen LogP contribution in [0.4, 0.5) is 0 Å². The van der Waals surface area contributed by atoms with E-state index >= 15 is 0 Å². The smallest absolute Gasteiger partial charge is 0.122 e. The third-order valence-electron chi connectivity index (χ3n) is 1.77. The molecule has 4 nitrogen and oxygen atoms in total. The molecule has 0 saturated heterocycles. The van der Waals surface area contributed by atoms with Gasteiger partial charge >= 0.3 is 0 Å². The molecular formula is C9H10N2O2S. The summed E-state index contributed by atoms with van der Waals surface area (Å²) in [5.41, 5.74) is 0.756. The number of thiol groups is 1. The van der Waals surface area contributed by atoms with E-state index in [1.165, 1.54) is 18.3 Å². The van der Waals surface area contributed by atoms with Crippen LogP contribution in [0.3, 0.4) is 0 Å². The molecule has 5 heteroatoms. The lowest BCUT2D eigenvalue weighted by Crippen LogP contribution is -2.20. The van der Waals surface area contributed by atoms with E-state index in [0.29, 0.717) is 11.3 Å². The Labute approximate surface area is 87.2 Å². The van der Waals surface area contributed by atoms with Gasteiger partial charge in [0.25, 0.3) is 0 Å². The molecule has 0 radical (unpaired) electrons. The summed E-state index contributed by atoms with van der Waals surface area (Å²) in [6, 6.07) is 4.96. The first-order valence-corrected chi connectivity index (χ1v) is 4.65. The van der Waals surface area contributed by atoms with E-state index in [4.69, 9.17) is 5.26 Å². The number of nitriles is 1. The molecular weight excluding hydrogens is 200 g/mol. The molecule has 2 N–H and O–H groups in total. The Kier molecular flexibility index (Phi) is 3.89. The summed E-state index contributed by atoms with van der Waals surface area (Å²) >= 11 is 3.85. The summed E-state index contributed by atoms with van der Waals surface area (Å²) in [5.74, 6) is 0.156. The fourth-order valence-electron chi connectivity index (χ4n) is 0.943. The van der Waals surface area contributed by atoms with Gasteiger partial charge in [-0.3, -0.25) is 4.98 Å². The summed E-state index contributed by atoms with van der Waals surface area (Å²) in [7, 11) is 0. The Hall–Kier alpha value is -1.09. The van der Waals surface area contributed by atoms with Crippen molar-refractivity contribution < 1.29 is 10.2 Å². The van der Waals surface area contributed by atoms with Gasteiger partial charge in [-0.25, -0.2) is 0 Å². The van der Waals surface area contributed by atoms with Gasteiger partial charge in [0.15, 0.2) is 0 Å². The van der Waals surface area contributed by atoms with Crippen LogP contribution in [-0.4, -0.2) is 27.1 Å². The standard InChI is InChI=1S/C9H10N2O2S/c10-3-6-1-2-7(11-4-6)9(13)8(12)5-14/h1-2,4,8-9,12-14H,5H2. The van der Waals surface area contributed by atoms with Crippen molar-refractivity contribution in [3.05, 3.63) is 29.6 Å². The van der Waals surface area contributed by atoms with E-state index in [1.54, 1.807) is 0 Å². The third kappa shape index (κ3) is 2.45. The van der Waals surface area contributed by atoms with Crippen LogP contribution in [0.25, 0.3) is 0 Å². The highest BCUT2D eigenvalue weighted by atomic mass is 32.1. The number of aromatic nitrogens is 1. The van der Waals surface area contributed by atoms with Gasteiger partial charge < -0.3 is 10.2 Å². The lowest BCUT2D eigenvalue weighted by atomic mass is 10.1. The number of aliphatic hydroxyl groups excluding tert-OH is 2. The van der Waals surface area contributed by atoms with Crippen LogP contribution in [0.1, 0.15) is 17.4 Å². The molecule has 0 aliphatic carbocycles. The van der Waals surface area contributed by atoms with Gasteiger partial charge in [-0.1, -0.05) is 0 Å². The van der Waals surface area contributed by atoms with Crippen LogP contribution in [0.2, 0.25) is 0 Å². The Morgan fingerprint density at radius 2 is 2.21 bits per heavy atom. The predicted molar refractivity (Wildman–Crippen MR) is 53.8 cm³/mol. The normalized spacial score (nSPS) is 14.4. The summed E-state index contributed by atoms with van der Waals surface area (Å²) in [6.45, 7) is 0.